The third-order valence-corrected chi connectivity index (χ3v) is 4.11. The predicted molar refractivity (Wildman–Crippen MR) is 70.9 cm³/mol. The maximum absolute atomic E-state index is 11.8. The number of rotatable bonds is 3. The molecule has 0 spiro atoms. The second-order valence-corrected chi connectivity index (χ2v) is 5.60. The van der Waals surface area contributed by atoms with Crippen molar-refractivity contribution in [2.24, 2.45) is 5.92 Å². The number of carbonyl (C=O) groups is 1. The summed E-state index contributed by atoms with van der Waals surface area (Å²) in [4.78, 5) is 11.8. The Morgan fingerprint density at radius 3 is 2.74 bits per heavy atom. The van der Waals surface area contributed by atoms with Gasteiger partial charge in [-0.05, 0) is 37.8 Å². The van der Waals surface area contributed by atoms with Crippen LogP contribution in [-0.2, 0) is 4.79 Å². The topological polar surface area (TPSA) is 59.3 Å². The summed E-state index contributed by atoms with van der Waals surface area (Å²) in [6, 6.07) is 3.81. The van der Waals surface area contributed by atoms with Crippen molar-refractivity contribution in [2.45, 2.75) is 38.0 Å². The van der Waals surface area contributed by atoms with Gasteiger partial charge in [-0.15, -0.1) is 10.2 Å². The number of carbonyl (C=O) groups excluding carboxylic acids is 1. The molecule has 1 N–H and O–H groups in total. The van der Waals surface area contributed by atoms with Crippen LogP contribution in [0, 0.1) is 5.92 Å². The normalized spacial score (nSPS) is 19.4. The average molecular weight is 256 g/mol. The van der Waals surface area contributed by atoms with Crippen LogP contribution in [0.2, 0.25) is 0 Å². The summed E-state index contributed by atoms with van der Waals surface area (Å²) in [6.07, 6.45) is 7.65. The lowest BCUT2D eigenvalue weighted by molar-refractivity contribution is -0.117. The molecule has 0 aromatic carbocycles. The van der Waals surface area contributed by atoms with E-state index >= 15 is 0 Å². The highest BCUT2D eigenvalue weighted by molar-refractivity contribution is 5.94. The maximum atomic E-state index is 11.8. The number of hydrogen-bond acceptors (Lipinski definition) is 3. The molecule has 2 aliphatic carbocycles. The Bertz CT molecular complexity index is 640. The van der Waals surface area contributed by atoms with E-state index in [1.807, 2.05) is 22.7 Å². The molecule has 0 saturated heterocycles. The Labute approximate surface area is 111 Å². The lowest BCUT2D eigenvalue weighted by Crippen LogP contribution is -2.15. The molecule has 19 heavy (non-hydrogen) atoms. The van der Waals surface area contributed by atoms with Crippen molar-refractivity contribution in [1.29, 1.82) is 0 Å². The summed E-state index contributed by atoms with van der Waals surface area (Å²) >= 11 is 0. The smallest absolute Gasteiger partial charge is 0.227 e. The number of nitrogens with one attached hydrogen (secondary N) is 1. The third-order valence-electron chi connectivity index (χ3n) is 4.11. The summed E-state index contributed by atoms with van der Waals surface area (Å²) in [6.45, 7) is 0. The van der Waals surface area contributed by atoms with Gasteiger partial charge >= 0.3 is 0 Å². The molecule has 2 fully saturated rings. The number of amides is 1. The van der Waals surface area contributed by atoms with E-state index in [2.05, 4.69) is 15.5 Å². The number of fused-ring (bicyclic) bond motifs is 1. The van der Waals surface area contributed by atoms with Gasteiger partial charge in [0.2, 0.25) is 5.91 Å². The van der Waals surface area contributed by atoms with Crippen LogP contribution < -0.4 is 5.32 Å². The molecule has 0 bridgehead atoms. The summed E-state index contributed by atoms with van der Waals surface area (Å²) in [7, 11) is 0. The molecule has 2 aromatic heterocycles. The molecule has 0 radical (unpaired) electrons. The van der Waals surface area contributed by atoms with Gasteiger partial charge in [-0.3, -0.25) is 9.20 Å². The lowest BCUT2D eigenvalue weighted by Gasteiger charge is -2.23. The number of pyridine rings is 1. The first-order valence-electron chi connectivity index (χ1n) is 6.97. The first-order chi connectivity index (χ1) is 9.31. The van der Waals surface area contributed by atoms with E-state index in [1.165, 1.54) is 19.3 Å². The minimum absolute atomic E-state index is 0.137. The van der Waals surface area contributed by atoms with Crippen molar-refractivity contribution in [3.63, 3.8) is 0 Å². The Hall–Kier alpha value is -1.91. The van der Waals surface area contributed by atoms with Gasteiger partial charge in [0.1, 0.15) is 5.82 Å². The zero-order valence-electron chi connectivity index (χ0n) is 10.7. The molecule has 5 heteroatoms. The first kappa shape index (κ1) is 11.0. The lowest BCUT2D eigenvalue weighted by atomic mass is 9.85. The van der Waals surface area contributed by atoms with Gasteiger partial charge in [0.05, 0.1) is 5.69 Å². The van der Waals surface area contributed by atoms with Gasteiger partial charge in [0.25, 0.3) is 0 Å². The van der Waals surface area contributed by atoms with Crippen molar-refractivity contribution in [3.05, 3.63) is 24.2 Å². The van der Waals surface area contributed by atoms with Gasteiger partial charge in [0, 0.05) is 18.0 Å². The molecule has 1 amide bonds. The van der Waals surface area contributed by atoms with Crippen molar-refractivity contribution < 1.29 is 4.79 Å². The van der Waals surface area contributed by atoms with Gasteiger partial charge < -0.3 is 5.32 Å². The summed E-state index contributed by atoms with van der Waals surface area (Å²) in [5.41, 5.74) is 1.69. The molecular weight excluding hydrogens is 240 g/mol. The zero-order valence-corrected chi connectivity index (χ0v) is 10.7. The number of nitrogens with zero attached hydrogens (tertiary/aromatic N) is 3. The van der Waals surface area contributed by atoms with Crippen molar-refractivity contribution in [2.75, 3.05) is 5.32 Å². The second-order valence-electron chi connectivity index (χ2n) is 5.60. The Balaban J connectivity index is 1.66. The van der Waals surface area contributed by atoms with E-state index in [9.17, 15) is 4.79 Å². The van der Waals surface area contributed by atoms with Gasteiger partial charge in [-0.1, -0.05) is 6.42 Å². The van der Waals surface area contributed by atoms with Crippen molar-refractivity contribution >= 4 is 17.2 Å². The van der Waals surface area contributed by atoms with E-state index in [0.717, 1.165) is 30.0 Å². The number of anilines is 1. The van der Waals surface area contributed by atoms with Crippen LogP contribution in [0.3, 0.4) is 0 Å². The van der Waals surface area contributed by atoms with Gasteiger partial charge in [-0.25, -0.2) is 0 Å². The fourth-order valence-electron chi connectivity index (χ4n) is 2.52. The summed E-state index contributed by atoms with van der Waals surface area (Å²) < 4.78 is 2.02. The predicted octanol–water partition coefficient (Wildman–Crippen LogP) is 2.35. The molecular formula is C14H16N4O. The van der Waals surface area contributed by atoms with Crippen LogP contribution in [0.1, 0.15) is 43.8 Å². The van der Waals surface area contributed by atoms with Crippen molar-refractivity contribution in [1.82, 2.24) is 14.6 Å². The molecule has 2 aliphatic rings. The zero-order chi connectivity index (χ0) is 12.8. The van der Waals surface area contributed by atoms with Crippen LogP contribution in [0.25, 0.3) is 5.65 Å². The van der Waals surface area contributed by atoms with E-state index in [1.54, 1.807) is 0 Å². The molecule has 2 saturated carbocycles. The summed E-state index contributed by atoms with van der Waals surface area (Å²) in [5.74, 6) is 1.92. The molecule has 0 aliphatic heterocycles. The third kappa shape index (κ3) is 1.89. The van der Waals surface area contributed by atoms with Crippen LogP contribution in [0.15, 0.2) is 18.3 Å². The Morgan fingerprint density at radius 2 is 2.05 bits per heavy atom. The van der Waals surface area contributed by atoms with Gasteiger partial charge in [-0.2, -0.15) is 0 Å². The molecule has 4 rings (SSSR count). The fraction of sp³-hybridized carbons (Fsp3) is 0.500. The molecule has 2 heterocycles. The molecule has 5 nitrogen and oxygen atoms in total. The highest BCUT2D eigenvalue weighted by Gasteiger charge is 2.30. The number of aromatic nitrogens is 3. The van der Waals surface area contributed by atoms with E-state index in [4.69, 9.17) is 0 Å². The highest BCUT2D eigenvalue weighted by atomic mass is 16.2. The van der Waals surface area contributed by atoms with Crippen LogP contribution in [0.5, 0.6) is 0 Å². The average Bonchev–Trinajstić information content (AvgIpc) is 3.12. The van der Waals surface area contributed by atoms with Crippen LogP contribution in [-0.4, -0.2) is 20.5 Å². The Kier molecular flexibility index (Phi) is 2.33. The minimum Gasteiger partial charge on any atom is -0.325 e. The van der Waals surface area contributed by atoms with E-state index in [-0.39, 0.29) is 11.8 Å². The second kappa shape index (κ2) is 4.05. The van der Waals surface area contributed by atoms with E-state index in [0.29, 0.717) is 5.92 Å². The molecule has 2 aromatic rings. The van der Waals surface area contributed by atoms with E-state index < -0.39 is 0 Å². The maximum Gasteiger partial charge on any atom is 0.227 e. The first-order valence-corrected chi connectivity index (χ1v) is 6.97. The van der Waals surface area contributed by atoms with Gasteiger partial charge in [0.15, 0.2) is 5.65 Å². The Morgan fingerprint density at radius 1 is 1.21 bits per heavy atom. The summed E-state index contributed by atoms with van der Waals surface area (Å²) in [5, 5.41) is 11.4. The highest BCUT2D eigenvalue weighted by Crippen LogP contribution is 2.35. The minimum atomic E-state index is 0.137. The molecule has 0 unspecified atom stereocenters. The van der Waals surface area contributed by atoms with Crippen LogP contribution >= 0.6 is 0 Å². The van der Waals surface area contributed by atoms with Crippen LogP contribution in [0.4, 0.5) is 5.69 Å². The quantitative estimate of drug-likeness (QED) is 0.917. The standard InChI is InChI=1S/C14H16N4O/c19-14(10-4-5-10)15-11-6-7-12-16-17-13(18(12)8-11)9-2-1-3-9/h6-10H,1-5H2,(H,15,19). The molecule has 0 atom stereocenters. The van der Waals surface area contributed by atoms with Crippen molar-refractivity contribution in [3.8, 4) is 0 Å². The SMILES string of the molecule is O=C(Nc1ccc2nnc(C3CCC3)n2c1)C1CC1. The fourth-order valence-corrected chi connectivity index (χ4v) is 2.52. The molecule has 98 valence electrons. The monoisotopic (exact) mass is 256 g/mol. The largest absolute Gasteiger partial charge is 0.325 e. The number of hydrogen-bond donors (Lipinski definition) is 1.